The van der Waals surface area contributed by atoms with Crippen LogP contribution in [0.1, 0.15) is 23.1 Å². The minimum atomic E-state index is -0.555. The molecule has 1 aromatic heterocycles. The summed E-state index contributed by atoms with van der Waals surface area (Å²) in [5.41, 5.74) is 7.07. The van der Waals surface area contributed by atoms with Gasteiger partial charge in [0.2, 0.25) is 0 Å². The number of aromatic nitrogens is 2. The highest BCUT2D eigenvalue weighted by Gasteiger charge is 2.20. The number of rotatable bonds is 4. The molecule has 1 aromatic carbocycles. The van der Waals surface area contributed by atoms with Crippen molar-refractivity contribution >= 4 is 17.3 Å². The first-order chi connectivity index (χ1) is 9.97. The zero-order valence-electron chi connectivity index (χ0n) is 12.1. The van der Waals surface area contributed by atoms with Gasteiger partial charge in [-0.05, 0) is 18.6 Å². The SMILES string of the molecule is CCc1nn(C)c(C(=O)Nc2cc(OC)ccc2F)c1N. The molecule has 7 heteroatoms. The van der Waals surface area contributed by atoms with Gasteiger partial charge in [-0.15, -0.1) is 0 Å². The van der Waals surface area contributed by atoms with E-state index < -0.39 is 11.7 Å². The number of methoxy groups -OCH3 is 1. The van der Waals surface area contributed by atoms with Gasteiger partial charge in [0.15, 0.2) is 0 Å². The molecule has 2 rings (SSSR count). The number of hydrogen-bond donors (Lipinski definition) is 2. The summed E-state index contributed by atoms with van der Waals surface area (Å²) in [7, 11) is 3.08. The van der Waals surface area contributed by atoms with Crippen LogP contribution < -0.4 is 15.8 Å². The van der Waals surface area contributed by atoms with Gasteiger partial charge in [0.25, 0.3) is 5.91 Å². The fourth-order valence-electron chi connectivity index (χ4n) is 2.04. The number of halogens is 1. The van der Waals surface area contributed by atoms with E-state index in [2.05, 4.69) is 10.4 Å². The smallest absolute Gasteiger partial charge is 0.276 e. The van der Waals surface area contributed by atoms with Crippen LogP contribution in [0.3, 0.4) is 0 Å². The van der Waals surface area contributed by atoms with Crippen molar-refractivity contribution in [2.75, 3.05) is 18.2 Å². The van der Waals surface area contributed by atoms with E-state index in [9.17, 15) is 9.18 Å². The number of nitrogen functional groups attached to an aromatic ring is 1. The van der Waals surface area contributed by atoms with Gasteiger partial charge in [-0.1, -0.05) is 6.92 Å². The van der Waals surface area contributed by atoms with Gasteiger partial charge in [-0.3, -0.25) is 9.48 Å². The Kier molecular flexibility index (Phi) is 4.11. The molecule has 0 fully saturated rings. The van der Waals surface area contributed by atoms with E-state index in [4.69, 9.17) is 10.5 Å². The van der Waals surface area contributed by atoms with Gasteiger partial charge in [-0.2, -0.15) is 5.10 Å². The van der Waals surface area contributed by atoms with E-state index in [1.54, 1.807) is 7.05 Å². The second-order valence-electron chi connectivity index (χ2n) is 4.49. The molecule has 2 aromatic rings. The Morgan fingerprint density at radius 3 is 2.81 bits per heavy atom. The number of hydrogen-bond acceptors (Lipinski definition) is 4. The molecule has 0 aliphatic heterocycles. The molecule has 0 saturated carbocycles. The molecule has 6 nitrogen and oxygen atoms in total. The van der Waals surface area contributed by atoms with Crippen LogP contribution in [-0.2, 0) is 13.5 Å². The molecule has 1 heterocycles. The molecular weight excluding hydrogens is 275 g/mol. The third kappa shape index (κ3) is 2.81. The van der Waals surface area contributed by atoms with Gasteiger partial charge >= 0.3 is 0 Å². The first-order valence-electron chi connectivity index (χ1n) is 6.44. The lowest BCUT2D eigenvalue weighted by Crippen LogP contribution is -2.18. The number of carbonyl (C=O) groups is 1. The van der Waals surface area contributed by atoms with Crippen molar-refractivity contribution in [2.45, 2.75) is 13.3 Å². The second-order valence-corrected chi connectivity index (χ2v) is 4.49. The van der Waals surface area contributed by atoms with Crippen LogP contribution in [0.15, 0.2) is 18.2 Å². The molecule has 0 aliphatic carbocycles. The molecule has 0 aliphatic rings. The molecule has 0 atom stereocenters. The van der Waals surface area contributed by atoms with Crippen LogP contribution in [0.4, 0.5) is 15.8 Å². The van der Waals surface area contributed by atoms with Gasteiger partial charge in [-0.25, -0.2) is 4.39 Å². The number of nitrogens with zero attached hydrogens (tertiary/aromatic N) is 2. The lowest BCUT2D eigenvalue weighted by atomic mass is 10.2. The summed E-state index contributed by atoms with van der Waals surface area (Å²) in [5, 5.41) is 6.65. The Bertz CT molecular complexity index is 682. The number of amides is 1. The number of carbonyl (C=O) groups excluding carboxylic acids is 1. The zero-order chi connectivity index (χ0) is 15.6. The molecule has 0 unspecified atom stereocenters. The standard InChI is InChI=1S/C14H17FN4O2/c1-4-10-12(16)13(19(2)18-10)14(20)17-11-7-8(21-3)5-6-9(11)15/h5-7H,4,16H2,1-3H3,(H,17,20). The molecule has 112 valence electrons. The highest BCUT2D eigenvalue weighted by Crippen LogP contribution is 2.23. The van der Waals surface area contributed by atoms with Crippen molar-refractivity contribution < 1.29 is 13.9 Å². The van der Waals surface area contributed by atoms with E-state index in [0.717, 1.165) is 0 Å². The lowest BCUT2D eigenvalue weighted by Gasteiger charge is -2.09. The Labute approximate surface area is 121 Å². The zero-order valence-corrected chi connectivity index (χ0v) is 12.1. The Morgan fingerprint density at radius 1 is 1.52 bits per heavy atom. The molecule has 3 N–H and O–H groups in total. The highest BCUT2D eigenvalue weighted by atomic mass is 19.1. The average Bonchev–Trinajstić information content (AvgIpc) is 2.75. The fourth-order valence-corrected chi connectivity index (χ4v) is 2.04. The fraction of sp³-hybridized carbons (Fsp3) is 0.286. The van der Waals surface area contributed by atoms with Gasteiger partial charge < -0.3 is 15.8 Å². The lowest BCUT2D eigenvalue weighted by molar-refractivity contribution is 0.101. The third-order valence-electron chi connectivity index (χ3n) is 3.13. The Balaban J connectivity index is 2.32. The Hall–Kier alpha value is -2.57. The summed E-state index contributed by atoms with van der Waals surface area (Å²) in [4.78, 5) is 12.3. The highest BCUT2D eigenvalue weighted by molar-refractivity contribution is 6.06. The average molecular weight is 292 g/mol. The topological polar surface area (TPSA) is 82.2 Å². The molecule has 0 spiro atoms. The van der Waals surface area contributed by atoms with Crippen LogP contribution >= 0.6 is 0 Å². The van der Waals surface area contributed by atoms with Crippen LogP contribution in [0.25, 0.3) is 0 Å². The second kappa shape index (κ2) is 5.82. The predicted molar refractivity (Wildman–Crippen MR) is 77.9 cm³/mol. The largest absolute Gasteiger partial charge is 0.497 e. The summed E-state index contributed by atoms with van der Waals surface area (Å²) in [5.74, 6) is -0.631. The van der Waals surface area contributed by atoms with Crippen LogP contribution in [-0.4, -0.2) is 22.8 Å². The van der Waals surface area contributed by atoms with Crippen molar-refractivity contribution in [3.63, 3.8) is 0 Å². The monoisotopic (exact) mass is 292 g/mol. The van der Waals surface area contributed by atoms with Crippen molar-refractivity contribution in [2.24, 2.45) is 7.05 Å². The Morgan fingerprint density at radius 2 is 2.24 bits per heavy atom. The van der Waals surface area contributed by atoms with E-state index >= 15 is 0 Å². The first kappa shape index (κ1) is 14.8. The molecule has 0 bridgehead atoms. The maximum Gasteiger partial charge on any atom is 0.276 e. The third-order valence-corrected chi connectivity index (χ3v) is 3.13. The van der Waals surface area contributed by atoms with E-state index in [1.807, 2.05) is 6.92 Å². The van der Waals surface area contributed by atoms with Gasteiger partial charge in [0.1, 0.15) is 17.3 Å². The molecule has 1 amide bonds. The maximum absolute atomic E-state index is 13.7. The minimum absolute atomic E-state index is 0.0259. The summed E-state index contributed by atoms with van der Waals surface area (Å²) in [6, 6.07) is 4.09. The number of anilines is 2. The molecule has 0 saturated heterocycles. The van der Waals surface area contributed by atoms with Crippen LogP contribution in [0, 0.1) is 5.82 Å². The van der Waals surface area contributed by atoms with Crippen LogP contribution in [0.2, 0.25) is 0 Å². The van der Waals surface area contributed by atoms with E-state index in [0.29, 0.717) is 23.6 Å². The maximum atomic E-state index is 13.7. The number of benzene rings is 1. The summed E-state index contributed by atoms with van der Waals surface area (Å²) < 4.78 is 20.1. The number of nitrogens with two attached hydrogens (primary N) is 1. The van der Waals surface area contributed by atoms with Crippen molar-refractivity contribution in [1.29, 1.82) is 0 Å². The normalized spacial score (nSPS) is 10.5. The van der Waals surface area contributed by atoms with Gasteiger partial charge in [0.05, 0.1) is 24.2 Å². The van der Waals surface area contributed by atoms with E-state index in [1.165, 1.54) is 30.0 Å². The predicted octanol–water partition coefficient (Wildman–Crippen LogP) is 1.96. The molecular formula is C14H17FN4O2. The van der Waals surface area contributed by atoms with Crippen LogP contribution in [0.5, 0.6) is 5.75 Å². The minimum Gasteiger partial charge on any atom is -0.497 e. The number of nitrogens with one attached hydrogen (secondary N) is 1. The van der Waals surface area contributed by atoms with Crippen molar-refractivity contribution in [3.05, 3.63) is 35.4 Å². The quantitative estimate of drug-likeness (QED) is 0.902. The number of ether oxygens (including phenoxy) is 1. The summed E-state index contributed by atoms with van der Waals surface area (Å²) in [6.07, 6.45) is 0.612. The van der Waals surface area contributed by atoms with E-state index in [-0.39, 0.29) is 11.4 Å². The van der Waals surface area contributed by atoms with Crippen molar-refractivity contribution in [3.8, 4) is 5.75 Å². The molecule has 21 heavy (non-hydrogen) atoms. The molecule has 0 radical (unpaired) electrons. The number of aryl methyl sites for hydroxylation is 2. The first-order valence-corrected chi connectivity index (χ1v) is 6.44. The summed E-state index contributed by atoms with van der Waals surface area (Å²) >= 11 is 0. The van der Waals surface area contributed by atoms with Crippen molar-refractivity contribution in [1.82, 2.24) is 9.78 Å². The van der Waals surface area contributed by atoms with Gasteiger partial charge in [0, 0.05) is 13.1 Å². The summed E-state index contributed by atoms with van der Waals surface area (Å²) in [6.45, 7) is 1.89.